The Morgan fingerprint density at radius 3 is 2.58 bits per heavy atom. The van der Waals surface area contributed by atoms with Crippen LogP contribution < -0.4 is 10.1 Å². The van der Waals surface area contributed by atoms with Crippen molar-refractivity contribution >= 4 is 22.7 Å². The Kier molecular flexibility index (Phi) is 8.34. The first-order valence-corrected chi connectivity index (χ1v) is 11.3. The minimum atomic E-state index is -0.506. The third-order valence-electron chi connectivity index (χ3n) is 5.39. The van der Waals surface area contributed by atoms with Crippen molar-refractivity contribution in [3.63, 3.8) is 0 Å². The van der Waals surface area contributed by atoms with E-state index in [2.05, 4.69) is 23.3 Å². The van der Waals surface area contributed by atoms with E-state index in [-0.39, 0.29) is 18.6 Å². The average Bonchev–Trinajstić information content (AvgIpc) is 3.16. The summed E-state index contributed by atoms with van der Waals surface area (Å²) in [6, 6.07) is 15.2. The largest absolute Gasteiger partial charge is 0.494 e. The molecule has 33 heavy (non-hydrogen) atoms. The monoisotopic (exact) mass is 449 g/mol. The number of nitrogens with zero attached hydrogens (tertiary/aromatic N) is 1. The highest BCUT2D eigenvalue weighted by atomic mass is 16.6. The number of anilines is 1. The number of nitriles is 1. The zero-order chi connectivity index (χ0) is 23.8. The maximum atomic E-state index is 11.8. The van der Waals surface area contributed by atoms with E-state index in [0.717, 1.165) is 41.5 Å². The molecule has 0 bridgehead atoms. The summed E-state index contributed by atoms with van der Waals surface area (Å²) in [5, 5.41) is 22.7. The lowest BCUT2D eigenvalue weighted by Gasteiger charge is -2.13. The van der Waals surface area contributed by atoms with E-state index in [9.17, 15) is 15.2 Å². The van der Waals surface area contributed by atoms with E-state index in [1.165, 1.54) is 0 Å². The highest BCUT2D eigenvalue weighted by molar-refractivity contribution is 5.94. The molecule has 1 atom stereocenters. The highest BCUT2D eigenvalue weighted by Crippen LogP contribution is 2.32. The smallest absolute Gasteiger partial charge is 0.411 e. The van der Waals surface area contributed by atoms with Crippen LogP contribution >= 0.6 is 0 Å². The van der Waals surface area contributed by atoms with Gasteiger partial charge in [-0.2, -0.15) is 5.26 Å². The molecule has 0 fully saturated rings. The summed E-state index contributed by atoms with van der Waals surface area (Å²) in [7, 11) is 0. The summed E-state index contributed by atoms with van der Waals surface area (Å²) < 4.78 is 11.0. The van der Waals surface area contributed by atoms with Gasteiger partial charge in [-0.05, 0) is 62.4 Å². The molecule has 1 aromatic heterocycles. The van der Waals surface area contributed by atoms with Crippen molar-refractivity contribution in [1.29, 1.82) is 5.26 Å². The van der Waals surface area contributed by atoms with Gasteiger partial charge >= 0.3 is 6.09 Å². The van der Waals surface area contributed by atoms with Crippen LogP contribution in [0.15, 0.2) is 42.5 Å². The molecule has 0 unspecified atom stereocenters. The summed E-state index contributed by atoms with van der Waals surface area (Å²) in [5.41, 5.74) is 3.52. The summed E-state index contributed by atoms with van der Waals surface area (Å²) in [5.74, 6) is 0.974. The number of carbonyl (C=O) groups is 1. The summed E-state index contributed by atoms with van der Waals surface area (Å²) in [4.78, 5) is 15.1. The molecule has 3 rings (SSSR count). The number of fused-ring (bicyclic) bond motifs is 1. The molecule has 0 spiro atoms. The maximum absolute atomic E-state index is 11.8. The van der Waals surface area contributed by atoms with Crippen LogP contribution in [0.1, 0.15) is 45.6 Å². The van der Waals surface area contributed by atoms with Gasteiger partial charge in [0.05, 0.1) is 29.5 Å². The molecule has 0 radical (unpaired) electrons. The molecule has 0 aliphatic carbocycles. The van der Waals surface area contributed by atoms with Gasteiger partial charge in [-0.3, -0.25) is 5.32 Å². The lowest BCUT2D eigenvalue weighted by molar-refractivity contribution is 0.130. The molecule has 7 heteroatoms. The molecule has 3 N–H and O–H groups in total. The Labute approximate surface area is 194 Å². The van der Waals surface area contributed by atoms with E-state index in [0.29, 0.717) is 23.6 Å². The number of benzene rings is 2. The number of aliphatic hydroxyl groups excluding tert-OH is 1. The lowest BCUT2D eigenvalue weighted by atomic mass is 10.0. The van der Waals surface area contributed by atoms with Crippen molar-refractivity contribution < 1.29 is 19.4 Å². The maximum Gasteiger partial charge on any atom is 0.411 e. The lowest BCUT2D eigenvalue weighted by Crippen LogP contribution is -2.17. The Morgan fingerprint density at radius 1 is 1.18 bits per heavy atom. The number of aromatic nitrogens is 1. The van der Waals surface area contributed by atoms with E-state index in [1.807, 2.05) is 30.3 Å². The van der Waals surface area contributed by atoms with Gasteiger partial charge in [0.1, 0.15) is 11.8 Å². The molecule has 1 heterocycles. The Morgan fingerprint density at radius 2 is 1.94 bits per heavy atom. The topological polar surface area (TPSA) is 107 Å². The van der Waals surface area contributed by atoms with Crippen molar-refractivity contribution in [3.8, 4) is 23.1 Å². The molecule has 0 saturated carbocycles. The van der Waals surface area contributed by atoms with E-state index in [4.69, 9.17) is 9.47 Å². The van der Waals surface area contributed by atoms with Crippen LogP contribution in [-0.2, 0) is 4.74 Å². The van der Waals surface area contributed by atoms with E-state index >= 15 is 0 Å². The number of aliphatic hydroxyl groups is 1. The number of carbonyl (C=O) groups excluding carboxylic acids is 1. The molecule has 174 valence electrons. The fourth-order valence-electron chi connectivity index (χ4n) is 3.76. The Bertz CT molecular complexity index is 1110. The van der Waals surface area contributed by atoms with Crippen molar-refractivity contribution in [2.45, 2.75) is 46.1 Å². The number of hydrogen-bond acceptors (Lipinski definition) is 5. The quantitative estimate of drug-likeness (QED) is 0.360. The van der Waals surface area contributed by atoms with Gasteiger partial charge in [0, 0.05) is 23.7 Å². The number of ether oxygens (including phenoxy) is 2. The van der Waals surface area contributed by atoms with Crippen molar-refractivity contribution in [3.05, 3.63) is 48.0 Å². The third kappa shape index (κ3) is 6.27. The Balaban J connectivity index is 1.75. The van der Waals surface area contributed by atoms with Crippen LogP contribution in [0.3, 0.4) is 0 Å². The Hall–Kier alpha value is -3.50. The standard InChI is InChI=1S/C26H31N3O4/c1-4-5-18(16-30)12-13-32-21-10-11-22-23(15-27)25(29-24(22)14-21)19-6-8-20(9-7-19)28-26(31)33-17(2)3/h6-11,14,17-18,29-30H,4-5,12-13,16H2,1-3H3,(H,28,31)/t18-/m0/s1. The molecule has 0 aliphatic rings. The molecule has 1 amide bonds. The second-order valence-electron chi connectivity index (χ2n) is 8.33. The van der Waals surface area contributed by atoms with Crippen LogP contribution in [0.4, 0.5) is 10.5 Å². The first-order valence-electron chi connectivity index (χ1n) is 11.3. The molecule has 0 aliphatic heterocycles. The van der Waals surface area contributed by atoms with Crippen molar-refractivity contribution in [2.75, 3.05) is 18.5 Å². The van der Waals surface area contributed by atoms with Crippen LogP contribution in [-0.4, -0.2) is 35.5 Å². The second-order valence-corrected chi connectivity index (χ2v) is 8.33. The number of aromatic amines is 1. The SMILES string of the molecule is CCC[C@H](CO)CCOc1ccc2c(C#N)c(-c3ccc(NC(=O)OC(C)C)cc3)[nH]c2c1. The molecule has 7 nitrogen and oxygen atoms in total. The minimum absolute atomic E-state index is 0.176. The third-order valence-corrected chi connectivity index (χ3v) is 5.39. The zero-order valence-electron chi connectivity index (χ0n) is 19.4. The van der Waals surface area contributed by atoms with Crippen LogP contribution in [0, 0.1) is 17.2 Å². The predicted octanol–water partition coefficient (Wildman–Crippen LogP) is 5.84. The van der Waals surface area contributed by atoms with Gasteiger partial charge < -0.3 is 19.6 Å². The molecule has 3 aromatic rings. The van der Waals surface area contributed by atoms with Gasteiger partial charge in [0.25, 0.3) is 0 Å². The predicted molar refractivity (Wildman–Crippen MR) is 129 cm³/mol. The van der Waals surface area contributed by atoms with Gasteiger partial charge in [0.2, 0.25) is 0 Å². The number of hydrogen-bond donors (Lipinski definition) is 3. The first-order chi connectivity index (χ1) is 15.9. The number of rotatable bonds is 10. The van der Waals surface area contributed by atoms with Gasteiger partial charge in [0.15, 0.2) is 0 Å². The summed E-state index contributed by atoms with van der Waals surface area (Å²) >= 11 is 0. The molecular formula is C26H31N3O4. The van der Waals surface area contributed by atoms with Crippen molar-refractivity contribution in [1.82, 2.24) is 4.98 Å². The minimum Gasteiger partial charge on any atom is -0.494 e. The number of nitrogens with one attached hydrogen (secondary N) is 2. The number of amides is 1. The van der Waals surface area contributed by atoms with Crippen molar-refractivity contribution in [2.24, 2.45) is 5.92 Å². The van der Waals surface area contributed by atoms with Gasteiger partial charge in [-0.25, -0.2) is 4.79 Å². The highest BCUT2D eigenvalue weighted by Gasteiger charge is 2.15. The average molecular weight is 450 g/mol. The summed E-state index contributed by atoms with van der Waals surface area (Å²) in [6.45, 7) is 6.39. The van der Waals surface area contributed by atoms with E-state index < -0.39 is 6.09 Å². The second kappa shape index (κ2) is 11.4. The molecule has 2 aromatic carbocycles. The fourth-order valence-corrected chi connectivity index (χ4v) is 3.76. The van der Waals surface area contributed by atoms with E-state index in [1.54, 1.807) is 26.0 Å². The van der Waals surface area contributed by atoms with Crippen LogP contribution in [0.2, 0.25) is 0 Å². The summed E-state index contributed by atoms with van der Waals surface area (Å²) in [6.07, 6.45) is 2.12. The number of H-pyrrole nitrogens is 1. The van der Waals surface area contributed by atoms with Gasteiger partial charge in [-0.1, -0.05) is 25.5 Å². The molecular weight excluding hydrogens is 418 g/mol. The molecule has 0 saturated heterocycles. The fraction of sp³-hybridized carbons (Fsp3) is 0.385. The van der Waals surface area contributed by atoms with Crippen LogP contribution in [0.5, 0.6) is 5.75 Å². The zero-order valence-corrected chi connectivity index (χ0v) is 19.4. The first kappa shape index (κ1) is 24.1. The normalized spacial score (nSPS) is 11.9. The van der Waals surface area contributed by atoms with Gasteiger partial charge in [-0.15, -0.1) is 0 Å². The van der Waals surface area contributed by atoms with Crippen LogP contribution in [0.25, 0.3) is 22.2 Å².